The maximum absolute atomic E-state index is 12.5. The number of benzene rings is 3. The first-order chi connectivity index (χ1) is 15.3. The second kappa shape index (κ2) is 8.81. The fourth-order valence-electron chi connectivity index (χ4n) is 2.87. The van der Waals surface area contributed by atoms with Crippen molar-refractivity contribution in [3.63, 3.8) is 0 Å². The van der Waals surface area contributed by atoms with E-state index in [0.29, 0.717) is 39.2 Å². The van der Waals surface area contributed by atoms with Gasteiger partial charge in [0.2, 0.25) is 11.7 Å². The molecule has 4 aromatic rings. The molecule has 8 nitrogen and oxygen atoms in total. The van der Waals surface area contributed by atoms with Crippen LogP contribution in [-0.2, 0) is 14.8 Å². The van der Waals surface area contributed by atoms with Crippen molar-refractivity contribution in [2.45, 2.75) is 11.8 Å². The summed E-state index contributed by atoms with van der Waals surface area (Å²) in [6.45, 7) is 1.44. The molecule has 0 aliphatic heterocycles. The zero-order chi connectivity index (χ0) is 22.7. The van der Waals surface area contributed by atoms with Gasteiger partial charge in [-0.1, -0.05) is 16.8 Å². The highest BCUT2D eigenvalue weighted by molar-refractivity contribution is 7.92. The Bertz CT molecular complexity index is 1350. The molecule has 162 valence electrons. The minimum Gasteiger partial charge on any atom is -0.334 e. The van der Waals surface area contributed by atoms with Gasteiger partial charge in [0.1, 0.15) is 0 Å². The minimum atomic E-state index is -3.74. The molecule has 0 aliphatic rings. The molecule has 4 rings (SSSR count). The Morgan fingerprint density at radius 3 is 2.09 bits per heavy atom. The molecule has 0 unspecified atom stereocenters. The normalized spacial score (nSPS) is 11.2. The first-order valence-corrected chi connectivity index (χ1v) is 11.3. The Labute approximate surface area is 189 Å². The van der Waals surface area contributed by atoms with E-state index in [1.54, 1.807) is 48.5 Å². The second-order valence-corrected chi connectivity index (χ2v) is 8.94. The fourth-order valence-corrected chi connectivity index (χ4v) is 4.06. The standard InChI is InChI=1S/C22H17ClN4O4S/c1-14(28)24-18-8-4-16(5-9-18)22-25-21(26-31-22)15-2-10-19(11-3-15)27-32(29,30)20-12-6-17(23)7-13-20/h2-13,27H,1H3,(H,24,28). The van der Waals surface area contributed by atoms with Gasteiger partial charge >= 0.3 is 0 Å². The van der Waals surface area contributed by atoms with E-state index in [9.17, 15) is 13.2 Å². The highest BCUT2D eigenvalue weighted by atomic mass is 35.5. The van der Waals surface area contributed by atoms with Gasteiger partial charge in [-0.05, 0) is 72.8 Å². The van der Waals surface area contributed by atoms with Gasteiger partial charge in [-0.2, -0.15) is 4.98 Å². The number of hydrogen-bond acceptors (Lipinski definition) is 6. The van der Waals surface area contributed by atoms with Crippen molar-refractivity contribution in [1.82, 2.24) is 10.1 Å². The third kappa shape index (κ3) is 4.96. The number of nitrogens with zero attached hydrogens (tertiary/aromatic N) is 2. The molecule has 0 fully saturated rings. The third-order valence-corrected chi connectivity index (χ3v) is 6.05. The zero-order valence-corrected chi connectivity index (χ0v) is 18.3. The van der Waals surface area contributed by atoms with Crippen LogP contribution in [0.5, 0.6) is 0 Å². The second-order valence-electron chi connectivity index (χ2n) is 6.82. The Hall–Kier alpha value is -3.69. The average Bonchev–Trinajstić information content (AvgIpc) is 3.25. The predicted molar refractivity (Wildman–Crippen MR) is 122 cm³/mol. The molecule has 0 saturated heterocycles. The van der Waals surface area contributed by atoms with Crippen LogP contribution >= 0.6 is 11.6 Å². The van der Waals surface area contributed by atoms with Gasteiger partial charge in [-0.15, -0.1) is 0 Å². The van der Waals surface area contributed by atoms with Crippen LogP contribution in [0.4, 0.5) is 11.4 Å². The number of amides is 1. The zero-order valence-electron chi connectivity index (χ0n) is 16.7. The van der Waals surface area contributed by atoms with E-state index in [4.69, 9.17) is 16.1 Å². The summed E-state index contributed by atoms with van der Waals surface area (Å²) in [7, 11) is -3.74. The van der Waals surface area contributed by atoms with Crippen LogP contribution in [0.15, 0.2) is 82.2 Å². The van der Waals surface area contributed by atoms with Crippen molar-refractivity contribution in [2.24, 2.45) is 0 Å². The largest absolute Gasteiger partial charge is 0.334 e. The molecule has 0 radical (unpaired) electrons. The highest BCUT2D eigenvalue weighted by Gasteiger charge is 2.15. The van der Waals surface area contributed by atoms with Gasteiger partial charge in [0.15, 0.2) is 0 Å². The monoisotopic (exact) mass is 468 g/mol. The number of halogens is 1. The lowest BCUT2D eigenvalue weighted by atomic mass is 10.2. The van der Waals surface area contributed by atoms with Gasteiger partial charge < -0.3 is 9.84 Å². The van der Waals surface area contributed by atoms with Gasteiger partial charge in [0, 0.05) is 34.4 Å². The number of nitrogens with one attached hydrogen (secondary N) is 2. The van der Waals surface area contributed by atoms with E-state index in [1.807, 2.05) is 0 Å². The number of aromatic nitrogens is 2. The van der Waals surface area contributed by atoms with Crippen molar-refractivity contribution >= 4 is 38.9 Å². The number of carbonyl (C=O) groups excluding carboxylic acids is 1. The van der Waals surface area contributed by atoms with E-state index >= 15 is 0 Å². The lowest BCUT2D eigenvalue weighted by Gasteiger charge is -2.08. The van der Waals surface area contributed by atoms with Crippen LogP contribution in [0, 0.1) is 0 Å². The molecule has 10 heteroatoms. The smallest absolute Gasteiger partial charge is 0.261 e. The number of carbonyl (C=O) groups is 1. The molecule has 0 saturated carbocycles. The maximum atomic E-state index is 12.5. The molecule has 3 aromatic carbocycles. The molecule has 0 spiro atoms. The van der Waals surface area contributed by atoms with Crippen LogP contribution in [0.1, 0.15) is 6.92 Å². The lowest BCUT2D eigenvalue weighted by Crippen LogP contribution is -2.12. The lowest BCUT2D eigenvalue weighted by molar-refractivity contribution is -0.114. The van der Waals surface area contributed by atoms with Crippen LogP contribution < -0.4 is 10.0 Å². The fraction of sp³-hybridized carbons (Fsp3) is 0.0455. The maximum Gasteiger partial charge on any atom is 0.261 e. The van der Waals surface area contributed by atoms with Crippen LogP contribution in [-0.4, -0.2) is 24.5 Å². The van der Waals surface area contributed by atoms with Crippen LogP contribution in [0.2, 0.25) is 5.02 Å². The number of rotatable bonds is 6. The molecule has 1 aromatic heterocycles. The topological polar surface area (TPSA) is 114 Å². The summed E-state index contributed by atoms with van der Waals surface area (Å²) in [4.78, 5) is 15.6. The summed E-state index contributed by atoms with van der Waals surface area (Å²) in [5, 5.41) is 7.13. The molecular formula is C22H17ClN4O4S. The first-order valence-electron chi connectivity index (χ1n) is 9.41. The van der Waals surface area contributed by atoms with E-state index in [1.165, 1.54) is 31.2 Å². The molecule has 32 heavy (non-hydrogen) atoms. The average molecular weight is 469 g/mol. The quantitative estimate of drug-likeness (QED) is 0.419. The number of anilines is 2. The van der Waals surface area contributed by atoms with Gasteiger partial charge in [0.25, 0.3) is 15.9 Å². The van der Waals surface area contributed by atoms with E-state index in [2.05, 4.69) is 20.2 Å². The summed E-state index contributed by atoms with van der Waals surface area (Å²) in [6, 6.07) is 19.5. The Kier molecular flexibility index (Phi) is 5.93. The van der Waals surface area contributed by atoms with Crippen molar-refractivity contribution in [3.8, 4) is 22.8 Å². The van der Waals surface area contributed by atoms with Crippen molar-refractivity contribution in [1.29, 1.82) is 0 Å². The summed E-state index contributed by atoms with van der Waals surface area (Å²) >= 11 is 5.81. The summed E-state index contributed by atoms with van der Waals surface area (Å²) < 4.78 is 32.8. The highest BCUT2D eigenvalue weighted by Crippen LogP contribution is 2.25. The summed E-state index contributed by atoms with van der Waals surface area (Å²) in [5.41, 5.74) is 2.41. The molecule has 0 aliphatic carbocycles. The molecule has 1 amide bonds. The molecular weight excluding hydrogens is 452 g/mol. The van der Waals surface area contributed by atoms with Crippen LogP contribution in [0.3, 0.4) is 0 Å². The summed E-state index contributed by atoms with van der Waals surface area (Å²) in [6.07, 6.45) is 0. The number of sulfonamides is 1. The molecule has 0 bridgehead atoms. The third-order valence-electron chi connectivity index (χ3n) is 4.40. The minimum absolute atomic E-state index is 0.110. The Morgan fingerprint density at radius 1 is 0.875 bits per heavy atom. The van der Waals surface area contributed by atoms with Gasteiger partial charge in [-0.25, -0.2) is 8.42 Å². The van der Waals surface area contributed by atoms with E-state index in [-0.39, 0.29) is 10.8 Å². The summed E-state index contributed by atoms with van der Waals surface area (Å²) in [5.74, 6) is 0.525. The Morgan fingerprint density at radius 2 is 1.47 bits per heavy atom. The van der Waals surface area contributed by atoms with Crippen molar-refractivity contribution in [2.75, 3.05) is 10.0 Å². The first kappa shape index (κ1) is 21.5. The Balaban J connectivity index is 1.48. The van der Waals surface area contributed by atoms with Crippen LogP contribution in [0.25, 0.3) is 22.8 Å². The molecule has 1 heterocycles. The molecule has 0 atom stereocenters. The van der Waals surface area contributed by atoms with E-state index < -0.39 is 10.0 Å². The van der Waals surface area contributed by atoms with Crippen molar-refractivity contribution < 1.29 is 17.7 Å². The number of hydrogen-bond donors (Lipinski definition) is 2. The molecule has 2 N–H and O–H groups in total. The van der Waals surface area contributed by atoms with Gasteiger partial charge in [0.05, 0.1) is 4.90 Å². The van der Waals surface area contributed by atoms with Crippen molar-refractivity contribution in [3.05, 3.63) is 77.8 Å². The van der Waals surface area contributed by atoms with Gasteiger partial charge in [-0.3, -0.25) is 9.52 Å². The van der Waals surface area contributed by atoms with E-state index in [0.717, 1.165) is 0 Å². The predicted octanol–water partition coefficient (Wildman–Crippen LogP) is 4.82. The SMILES string of the molecule is CC(=O)Nc1ccc(-c2nc(-c3ccc(NS(=O)(=O)c4ccc(Cl)cc4)cc3)no2)cc1.